The van der Waals surface area contributed by atoms with E-state index in [9.17, 15) is 29.8 Å². The number of aromatic nitrogens is 6. The highest BCUT2D eigenvalue weighted by molar-refractivity contribution is 6.32. The summed E-state index contributed by atoms with van der Waals surface area (Å²) in [5.74, 6) is -0.372. The van der Waals surface area contributed by atoms with Crippen LogP contribution in [0.15, 0.2) is 48.5 Å². The standard InChI is InChI=1S/C38H45ClN8O14/c1-5-6-11-30-40-35(39)31(45(30)18-24-12-14-25(15-13-24)26-9-7-8-10-27(26)36-41-43-44-42-36)37(48)57-23(4)58-38(49)59-29-20-56-33-28(19-55-34(29)33)54-17-16-21(2)32(61-47(52)53)22(3)60-46(50)51/h7-10,12-15,21-23,28-29,32-34H,5-6,11,16-20H2,1-4H3,(H,41,42,43,44)/t21?,22-,23?,28+,29+,32-,33?,34?/m1/s1. The van der Waals surface area contributed by atoms with E-state index in [1.807, 2.05) is 55.5 Å². The van der Waals surface area contributed by atoms with Crippen molar-refractivity contribution in [2.45, 2.75) is 103 Å². The summed E-state index contributed by atoms with van der Waals surface area (Å²) < 4.78 is 35.5. The molecule has 2 aliphatic rings. The fraction of sp³-hybridized carbons (Fsp3) is 0.526. The Balaban J connectivity index is 1.02. The van der Waals surface area contributed by atoms with E-state index in [1.165, 1.54) is 13.8 Å². The van der Waals surface area contributed by atoms with Gasteiger partial charge < -0.3 is 42.7 Å². The summed E-state index contributed by atoms with van der Waals surface area (Å²) in [6.45, 7) is 6.69. The first kappa shape index (κ1) is 44.6. The fourth-order valence-electron chi connectivity index (χ4n) is 7.24. The first-order chi connectivity index (χ1) is 29.3. The van der Waals surface area contributed by atoms with Crippen molar-refractivity contribution in [1.82, 2.24) is 30.2 Å². The molecule has 2 saturated heterocycles. The van der Waals surface area contributed by atoms with E-state index in [4.69, 9.17) is 40.0 Å². The number of rotatable bonds is 21. The molecule has 0 amide bonds. The summed E-state index contributed by atoms with van der Waals surface area (Å²) in [6, 6.07) is 15.5. The smallest absolute Gasteiger partial charge is 0.426 e. The molecule has 2 aliphatic heterocycles. The number of benzene rings is 2. The molecule has 0 bridgehead atoms. The van der Waals surface area contributed by atoms with Gasteiger partial charge in [0.2, 0.25) is 12.1 Å². The lowest BCUT2D eigenvalue weighted by atomic mass is 9.97. The molecule has 8 atom stereocenters. The third-order valence-electron chi connectivity index (χ3n) is 10.2. The SMILES string of the molecule is CCCCc1nc(Cl)c(C(=O)OC(C)OC(=O)O[C@H]2COC3C2OC[C@@H]3OCCC(C)[C@@H](O[N+](=O)[O-])[C@@H](C)O[N+](=O)[O-])n1Cc1ccc(-c2ccccc2-c2nn[nH]n2)cc1. The quantitative estimate of drug-likeness (QED) is 0.0489. The van der Waals surface area contributed by atoms with Gasteiger partial charge in [-0.1, -0.05) is 80.4 Å². The maximum absolute atomic E-state index is 13.6. The first-order valence-corrected chi connectivity index (χ1v) is 19.9. The van der Waals surface area contributed by atoms with Gasteiger partial charge in [0.05, 0.1) is 13.2 Å². The van der Waals surface area contributed by atoms with Crippen LogP contribution in [-0.2, 0) is 51.1 Å². The van der Waals surface area contributed by atoms with Gasteiger partial charge in [0.15, 0.2) is 17.0 Å². The predicted octanol–water partition coefficient (Wildman–Crippen LogP) is 5.18. The summed E-state index contributed by atoms with van der Waals surface area (Å²) in [5.41, 5.74) is 3.49. The molecular formula is C38H45ClN8O14. The molecule has 6 rings (SSSR count). The zero-order valence-electron chi connectivity index (χ0n) is 33.6. The van der Waals surface area contributed by atoms with Gasteiger partial charge in [0, 0.05) is 32.1 Å². The monoisotopic (exact) mass is 872 g/mol. The van der Waals surface area contributed by atoms with Crippen molar-refractivity contribution in [3.05, 3.63) is 91.0 Å². The number of halogens is 1. The number of tetrazole rings is 1. The first-order valence-electron chi connectivity index (χ1n) is 19.5. The van der Waals surface area contributed by atoms with Crippen LogP contribution in [0.2, 0.25) is 5.15 Å². The number of hydrogen-bond acceptors (Lipinski definition) is 18. The lowest BCUT2D eigenvalue weighted by molar-refractivity contribution is -0.799. The van der Waals surface area contributed by atoms with Gasteiger partial charge in [-0.05, 0) is 47.6 Å². The van der Waals surface area contributed by atoms with Gasteiger partial charge in [0.1, 0.15) is 36.3 Å². The van der Waals surface area contributed by atoms with Crippen LogP contribution in [0.4, 0.5) is 4.79 Å². The average Bonchev–Trinajstić information content (AvgIpc) is 4.03. The molecule has 2 fully saturated rings. The van der Waals surface area contributed by atoms with Crippen LogP contribution in [-0.4, -0.2) is 115 Å². The van der Waals surface area contributed by atoms with Gasteiger partial charge in [-0.2, -0.15) is 5.21 Å². The highest BCUT2D eigenvalue weighted by Crippen LogP contribution is 2.33. The van der Waals surface area contributed by atoms with Crippen molar-refractivity contribution < 1.29 is 57.9 Å². The van der Waals surface area contributed by atoms with Crippen LogP contribution in [0.25, 0.3) is 22.5 Å². The van der Waals surface area contributed by atoms with Gasteiger partial charge in [-0.3, -0.25) is 0 Å². The Morgan fingerprint density at radius 2 is 1.66 bits per heavy atom. The number of esters is 1. The molecule has 2 aromatic carbocycles. The Morgan fingerprint density at radius 1 is 0.967 bits per heavy atom. The second kappa shape index (κ2) is 20.5. The van der Waals surface area contributed by atoms with Crippen molar-refractivity contribution in [1.29, 1.82) is 0 Å². The molecule has 2 aromatic heterocycles. The summed E-state index contributed by atoms with van der Waals surface area (Å²) in [4.78, 5) is 61.8. The number of carbonyl (C=O) groups excluding carboxylic acids is 2. The third-order valence-corrected chi connectivity index (χ3v) is 10.5. The Morgan fingerprint density at radius 3 is 2.33 bits per heavy atom. The number of unbranched alkanes of at least 4 members (excludes halogenated alkanes) is 1. The lowest BCUT2D eigenvalue weighted by Crippen LogP contribution is -2.39. The van der Waals surface area contributed by atoms with Crippen LogP contribution >= 0.6 is 11.6 Å². The second-order valence-corrected chi connectivity index (χ2v) is 14.8. The number of carbonyl (C=O) groups is 2. The molecule has 4 unspecified atom stereocenters. The Labute approximate surface area is 353 Å². The fourth-order valence-corrected chi connectivity index (χ4v) is 7.52. The van der Waals surface area contributed by atoms with E-state index in [2.05, 4.69) is 35.3 Å². The number of ether oxygens (including phenoxy) is 6. The maximum Gasteiger partial charge on any atom is 0.511 e. The zero-order chi connectivity index (χ0) is 43.6. The van der Waals surface area contributed by atoms with Crippen molar-refractivity contribution in [3.63, 3.8) is 0 Å². The molecule has 61 heavy (non-hydrogen) atoms. The number of hydrogen-bond donors (Lipinski definition) is 1. The largest absolute Gasteiger partial charge is 0.511 e. The molecular weight excluding hydrogens is 828 g/mol. The average molecular weight is 873 g/mol. The number of nitrogens with zero attached hydrogens (tertiary/aromatic N) is 7. The van der Waals surface area contributed by atoms with Crippen LogP contribution < -0.4 is 0 Å². The Bertz CT molecular complexity index is 2120. The topological polar surface area (TPSA) is 267 Å². The minimum Gasteiger partial charge on any atom is -0.426 e. The van der Waals surface area contributed by atoms with Crippen molar-refractivity contribution in [2.75, 3.05) is 19.8 Å². The number of H-pyrrole nitrogens is 1. The molecule has 1 N–H and O–H groups in total. The van der Waals surface area contributed by atoms with E-state index in [0.717, 1.165) is 35.1 Å². The maximum atomic E-state index is 13.6. The van der Waals surface area contributed by atoms with Gasteiger partial charge >= 0.3 is 12.1 Å². The number of imidazole rings is 1. The predicted molar refractivity (Wildman–Crippen MR) is 209 cm³/mol. The zero-order valence-corrected chi connectivity index (χ0v) is 34.4. The molecule has 0 spiro atoms. The van der Waals surface area contributed by atoms with Crippen LogP contribution in [0.1, 0.15) is 68.8 Å². The van der Waals surface area contributed by atoms with E-state index < -0.39 is 71.1 Å². The van der Waals surface area contributed by atoms with E-state index in [0.29, 0.717) is 18.1 Å². The number of fused-ring (bicyclic) bond motifs is 1. The molecule has 0 aliphatic carbocycles. The van der Waals surface area contributed by atoms with Crippen LogP contribution in [0.5, 0.6) is 0 Å². The second-order valence-electron chi connectivity index (χ2n) is 14.4. The van der Waals surface area contributed by atoms with Gasteiger partial charge in [-0.25, -0.2) is 14.6 Å². The molecule has 22 nitrogen and oxygen atoms in total. The van der Waals surface area contributed by atoms with E-state index >= 15 is 0 Å². The molecule has 0 radical (unpaired) electrons. The van der Waals surface area contributed by atoms with Gasteiger partial charge in [0.25, 0.3) is 10.2 Å². The molecule has 4 heterocycles. The summed E-state index contributed by atoms with van der Waals surface area (Å²) >= 11 is 6.56. The van der Waals surface area contributed by atoms with Crippen LogP contribution in [0.3, 0.4) is 0 Å². The molecule has 0 saturated carbocycles. The highest BCUT2D eigenvalue weighted by atomic mass is 35.5. The van der Waals surface area contributed by atoms with Crippen LogP contribution in [0, 0.1) is 26.1 Å². The van der Waals surface area contributed by atoms with E-state index in [-0.39, 0.29) is 43.6 Å². The normalized spacial score (nSPS) is 20.2. The lowest BCUT2D eigenvalue weighted by Gasteiger charge is -2.26. The number of aromatic amines is 1. The molecule has 23 heteroatoms. The van der Waals surface area contributed by atoms with Crippen molar-refractivity contribution in [3.8, 4) is 22.5 Å². The number of nitrogens with one attached hydrogen (secondary N) is 1. The van der Waals surface area contributed by atoms with E-state index in [1.54, 1.807) is 11.5 Å². The van der Waals surface area contributed by atoms with Crippen molar-refractivity contribution >= 4 is 23.7 Å². The van der Waals surface area contributed by atoms with Crippen molar-refractivity contribution in [2.24, 2.45) is 5.92 Å². The summed E-state index contributed by atoms with van der Waals surface area (Å²) in [7, 11) is 0. The minimum atomic E-state index is -1.39. The third kappa shape index (κ3) is 11.2. The number of aryl methyl sites for hydroxylation is 1. The van der Waals surface area contributed by atoms with Gasteiger partial charge in [-0.15, -0.1) is 30.4 Å². The Hall–Kier alpha value is -5.97. The minimum absolute atomic E-state index is 0.00446. The highest BCUT2D eigenvalue weighted by Gasteiger charge is 2.50. The summed E-state index contributed by atoms with van der Waals surface area (Å²) in [5, 5.41) is 34.0. The molecule has 4 aromatic rings. The Kier molecular flexibility index (Phi) is 15.0. The summed E-state index contributed by atoms with van der Waals surface area (Å²) in [6.07, 6.45) is -5.26. The molecule has 328 valence electrons.